The van der Waals surface area contributed by atoms with E-state index in [9.17, 15) is 10.0 Å². The number of rotatable bonds is 2. The topological polar surface area (TPSA) is 69.4 Å². The van der Waals surface area contributed by atoms with Crippen molar-refractivity contribution >= 4 is 56.3 Å². The van der Waals surface area contributed by atoms with Gasteiger partial charge < -0.3 is 19.4 Å². The lowest BCUT2D eigenvalue weighted by Gasteiger charge is -2.04. The lowest BCUT2D eigenvalue weighted by molar-refractivity contribution is 0.426. The van der Waals surface area contributed by atoms with E-state index >= 15 is 0 Å². The fourth-order valence-electron chi connectivity index (χ4n) is 4.24. The van der Waals surface area contributed by atoms with E-state index in [-0.39, 0.29) is 0 Å². The van der Waals surface area contributed by atoms with Crippen LogP contribution in [0.5, 0.6) is 0 Å². The molecule has 5 heteroatoms. The lowest BCUT2D eigenvalue weighted by Crippen LogP contribution is -2.29. The maximum absolute atomic E-state index is 9.47. The van der Waals surface area contributed by atoms with Gasteiger partial charge in [0.25, 0.3) is 0 Å². The first-order valence-electron chi connectivity index (χ1n) is 9.51. The second-order valence-corrected chi connectivity index (χ2v) is 7.34. The Balaban J connectivity index is 1.59. The van der Waals surface area contributed by atoms with Crippen molar-refractivity contribution in [3.8, 4) is 11.1 Å². The second-order valence-electron chi connectivity index (χ2n) is 7.34. The monoisotopic (exact) mass is 377 g/mol. The molecule has 4 aromatic carbocycles. The van der Waals surface area contributed by atoms with Crippen LogP contribution in [0.15, 0.2) is 83.3 Å². The number of fused-ring (bicyclic) bond motifs is 6. The second kappa shape index (κ2) is 5.98. The minimum Gasteiger partial charge on any atom is -0.456 e. The van der Waals surface area contributed by atoms with E-state index in [1.54, 1.807) is 18.2 Å². The first-order chi connectivity index (χ1) is 14.2. The Morgan fingerprint density at radius 3 is 2.45 bits per heavy atom. The van der Waals surface area contributed by atoms with Gasteiger partial charge in [-0.1, -0.05) is 54.6 Å². The fraction of sp³-hybridized carbons (Fsp3) is 0. The Morgan fingerprint density at radius 1 is 0.690 bits per heavy atom. The maximum atomic E-state index is 9.47. The summed E-state index contributed by atoms with van der Waals surface area (Å²) in [6, 6.07) is 26.0. The van der Waals surface area contributed by atoms with Gasteiger partial charge in [-0.3, -0.25) is 0 Å². The molecule has 4 nitrogen and oxygen atoms in total. The number of nitrogens with one attached hydrogen (secondary N) is 1. The molecule has 29 heavy (non-hydrogen) atoms. The molecule has 3 N–H and O–H groups in total. The highest BCUT2D eigenvalue weighted by molar-refractivity contribution is 6.59. The predicted octanol–water partition coefficient (Wildman–Crippen LogP) is 4.57. The standard InChI is InChI=1S/C24H16BNO3/c27-25(28)15-9-11-22-20(13-15)18-10-8-14(12-23(18)29-22)16-5-3-6-19-17-4-1-2-7-21(17)26-24(16)19/h1-13,26-28H. The van der Waals surface area contributed by atoms with Crippen molar-refractivity contribution in [2.75, 3.05) is 0 Å². The summed E-state index contributed by atoms with van der Waals surface area (Å²) in [6.07, 6.45) is 0. The van der Waals surface area contributed by atoms with Gasteiger partial charge in [-0.25, -0.2) is 0 Å². The van der Waals surface area contributed by atoms with Gasteiger partial charge in [-0.15, -0.1) is 0 Å². The maximum Gasteiger partial charge on any atom is 0.488 e. The zero-order chi connectivity index (χ0) is 19.5. The van der Waals surface area contributed by atoms with Gasteiger partial charge in [-0.2, -0.15) is 0 Å². The highest BCUT2D eigenvalue weighted by Crippen LogP contribution is 2.36. The number of H-pyrrole nitrogens is 1. The molecule has 0 radical (unpaired) electrons. The Hall–Kier alpha value is -3.54. The van der Waals surface area contributed by atoms with Crippen molar-refractivity contribution in [1.82, 2.24) is 4.98 Å². The van der Waals surface area contributed by atoms with Crippen LogP contribution in [-0.2, 0) is 0 Å². The molecule has 0 saturated carbocycles. The van der Waals surface area contributed by atoms with Crippen LogP contribution >= 0.6 is 0 Å². The third kappa shape index (κ3) is 2.42. The van der Waals surface area contributed by atoms with E-state index < -0.39 is 7.12 Å². The summed E-state index contributed by atoms with van der Waals surface area (Å²) in [4.78, 5) is 3.55. The highest BCUT2D eigenvalue weighted by atomic mass is 16.4. The summed E-state index contributed by atoms with van der Waals surface area (Å²) >= 11 is 0. The molecule has 0 atom stereocenters. The van der Waals surface area contributed by atoms with Gasteiger partial charge in [0.1, 0.15) is 11.2 Å². The normalized spacial score (nSPS) is 11.8. The van der Waals surface area contributed by atoms with E-state index in [0.717, 1.165) is 44.1 Å². The third-order valence-electron chi connectivity index (χ3n) is 5.65. The molecule has 0 bridgehead atoms. The summed E-state index contributed by atoms with van der Waals surface area (Å²) in [5.74, 6) is 0. The molecule has 0 unspecified atom stereocenters. The van der Waals surface area contributed by atoms with Gasteiger partial charge in [0.05, 0.1) is 5.52 Å². The third-order valence-corrected chi connectivity index (χ3v) is 5.65. The minimum atomic E-state index is -1.50. The molecule has 2 heterocycles. The number of hydrogen-bond donors (Lipinski definition) is 3. The molecule has 0 saturated heterocycles. The molecular weight excluding hydrogens is 361 g/mol. The Labute approximate surface area is 166 Å². The molecule has 6 rings (SSSR count). The van der Waals surface area contributed by atoms with Crippen molar-refractivity contribution in [3.63, 3.8) is 0 Å². The van der Waals surface area contributed by atoms with E-state index in [0.29, 0.717) is 5.46 Å². The summed E-state index contributed by atoms with van der Waals surface area (Å²) in [6.45, 7) is 0. The van der Waals surface area contributed by atoms with Crippen molar-refractivity contribution in [2.24, 2.45) is 0 Å². The molecule has 0 aliphatic carbocycles. The van der Waals surface area contributed by atoms with Gasteiger partial charge >= 0.3 is 7.12 Å². The van der Waals surface area contributed by atoms with Crippen LogP contribution in [0.3, 0.4) is 0 Å². The van der Waals surface area contributed by atoms with Gasteiger partial charge in [0.2, 0.25) is 0 Å². The highest BCUT2D eigenvalue weighted by Gasteiger charge is 2.15. The first-order valence-corrected chi connectivity index (χ1v) is 9.51. The summed E-state index contributed by atoms with van der Waals surface area (Å²) in [5, 5.41) is 23.2. The zero-order valence-electron chi connectivity index (χ0n) is 15.4. The predicted molar refractivity (Wildman–Crippen MR) is 118 cm³/mol. The number of furan rings is 1. The summed E-state index contributed by atoms with van der Waals surface area (Å²) in [5.41, 5.74) is 6.36. The number of aromatic nitrogens is 1. The van der Waals surface area contributed by atoms with Gasteiger partial charge in [-0.05, 0) is 35.3 Å². The molecular formula is C24H16BNO3. The quantitative estimate of drug-likeness (QED) is 0.387. The number of para-hydroxylation sites is 2. The number of hydrogen-bond acceptors (Lipinski definition) is 3. The number of aromatic amines is 1. The zero-order valence-corrected chi connectivity index (χ0v) is 15.4. The molecule has 0 amide bonds. The van der Waals surface area contributed by atoms with Crippen LogP contribution in [-0.4, -0.2) is 22.2 Å². The minimum absolute atomic E-state index is 0.451. The van der Waals surface area contributed by atoms with Crippen molar-refractivity contribution in [2.45, 2.75) is 0 Å². The lowest BCUT2D eigenvalue weighted by atomic mass is 9.80. The average molecular weight is 377 g/mol. The molecule has 0 fully saturated rings. The van der Waals surface area contributed by atoms with Crippen molar-refractivity contribution < 1.29 is 14.5 Å². The van der Waals surface area contributed by atoms with Crippen LogP contribution < -0.4 is 5.46 Å². The van der Waals surface area contributed by atoms with E-state index in [1.165, 1.54) is 10.8 Å². The average Bonchev–Trinajstić information content (AvgIpc) is 3.30. The molecule has 0 aliphatic heterocycles. The smallest absolute Gasteiger partial charge is 0.456 e. The van der Waals surface area contributed by atoms with Crippen LogP contribution in [0, 0.1) is 0 Å². The van der Waals surface area contributed by atoms with E-state index in [1.807, 2.05) is 18.2 Å². The van der Waals surface area contributed by atoms with Crippen LogP contribution in [0.1, 0.15) is 0 Å². The largest absolute Gasteiger partial charge is 0.488 e. The van der Waals surface area contributed by atoms with Crippen molar-refractivity contribution in [1.29, 1.82) is 0 Å². The summed E-state index contributed by atoms with van der Waals surface area (Å²) in [7, 11) is -1.50. The molecule has 0 spiro atoms. The summed E-state index contributed by atoms with van der Waals surface area (Å²) < 4.78 is 6.05. The molecule has 138 valence electrons. The van der Waals surface area contributed by atoms with E-state index in [4.69, 9.17) is 4.42 Å². The van der Waals surface area contributed by atoms with Gasteiger partial charge in [0, 0.05) is 32.6 Å². The first kappa shape index (κ1) is 16.4. The fourth-order valence-corrected chi connectivity index (χ4v) is 4.24. The molecule has 6 aromatic rings. The Morgan fingerprint density at radius 2 is 1.55 bits per heavy atom. The SMILES string of the molecule is OB(O)c1ccc2oc3cc(-c4cccc5c4[nH]c4ccccc45)ccc3c2c1. The van der Waals surface area contributed by atoms with Gasteiger partial charge in [0.15, 0.2) is 0 Å². The van der Waals surface area contributed by atoms with E-state index in [2.05, 4.69) is 47.4 Å². The van der Waals surface area contributed by atoms with Crippen molar-refractivity contribution in [3.05, 3.63) is 78.9 Å². The molecule has 0 aliphatic rings. The van der Waals surface area contributed by atoms with Crippen LogP contribution in [0.25, 0.3) is 54.9 Å². The Bertz CT molecular complexity index is 1540. The van der Waals surface area contributed by atoms with Crippen LogP contribution in [0.4, 0.5) is 0 Å². The van der Waals surface area contributed by atoms with Crippen LogP contribution in [0.2, 0.25) is 0 Å². The molecule has 2 aromatic heterocycles. The Kier molecular flexibility index (Phi) is 3.39. The number of benzene rings is 4.